The molecule has 0 aliphatic heterocycles. The molecule has 0 saturated heterocycles. The fraction of sp³-hybridized carbons (Fsp3) is 0.467. The molecule has 2 saturated carbocycles. The molecule has 41 heavy (non-hydrogen) atoms. The van der Waals surface area contributed by atoms with Crippen molar-refractivity contribution in [1.29, 1.82) is 0 Å². The van der Waals surface area contributed by atoms with Crippen LogP contribution in [0.25, 0.3) is 22.3 Å². The molecule has 0 bridgehead atoms. The summed E-state index contributed by atoms with van der Waals surface area (Å²) in [5, 5.41) is 8.58. The van der Waals surface area contributed by atoms with Crippen LogP contribution in [0.4, 0.5) is 13.2 Å². The van der Waals surface area contributed by atoms with E-state index in [4.69, 9.17) is 23.2 Å². The maximum Gasteiger partial charge on any atom is 0.222 e. The van der Waals surface area contributed by atoms with Crippen LogP contribution < -0.4 is 0 Å². The predicted octanol–water partition coefficient (Wildman–Crippen LogP) is 8.94. The van der Waals surface area contributed by atoms with Gasteiger partial charge in [0.25, 0.3) is 0 Å². The smallest absolute Gasteiger partial charge is 0.222 e. The van der Waals surface area contributed by atoms with E-state index in [9.17, 15) is 13.2 Å². The maximum atomic E-state index is 14.5. The molecule has 1 unspecified atom stereocenters. The van der Waals surface area contributed by atoms with Gasteiger partial charge in [-0.2, -0.15) is 19.0 Å². The lowest BCUT2D eigenvalue weighted by Crippen LogP contribution is -2.16. The van der Waals surface area contributed by atoms with Crippen molar-refractivity contribution < 1.29 is 13.2 Å². The van der Waals surface area contributed by atoms with Gasteiger partial charge in [0.2, 0.25) is 11.9 Å². The van der Waals surface area contributed by atoms with Gasteiger partial charge >= 0.3 is 0 Å². The first kappa shape index (κ1) is 29.6. The zero-order valence-electron chi connectivity index (χ0n) is 23.1. The number of aromatic nitrogens is 6. The molecule has 2 fully saturated rings. The highest BCUT2D eigenvalue weighted by Crippen LogP contribution is 2.37. The number of rotatable bonds is 6. The molecular weight excluding hydrogens is 572 g/mol. The summed E-state index contributed by atoms with van der Waals surface area (Å²) in [6.07, 6.45) is 9.82. The Hall–Kier alpha value is -2.91. The van der Waals surface area contributed by atoms with Gasteiger partial charge in [0.1, 0.15) is 10.3 Å². The van der Waals surface area contributed by atoms with Crippen LogP contribution in [0.3, 0.4) is 0 Å². The minimum atomic E-state index is -1.42. The molecule has 2 aliphatic rings. The van der Waals surface area contributed by atoms with Crippen LogP contribution in [0.15, 0.2) is 36.7 Å². The summed E-state index contributed by atoms with van der Waals surface area (Å²) >= 11 is 12.1. The first-order valence-electron chi connectivity index (χ1n) is 14.1. The number of pyridine rings is 2. The van der Waals surface area contributed by atoms with E-state index in [1.165, 1.54) is 36.6 Å². The van der Waals surface area contributed by atoms with Crippen molar-refractivity contribution >= 4 is 23.2 Å². The molecule has 0 aromatic carbocycles. The monoisotopic (exact) mass is 604 g/mol. The minimum absolute atomic E-state index is 0.154. The van der Waals surface area contributed by atoms with Crippen LogP contribution in [-0.4, -0.2) is 29.5 Å². The molecule has 1 atom stereocenters. The zero-order valence-corrected chi connectivity index (χ0v) is 24.6. The van der Waals surface area contributed by atoms with Crippen molar-refractivity contribution in [3.05, 3.63) is 70.2 Å². The van der Waals surface area contributed by atoms with Gasteiger partial charge in [-0.1, -0.05) is 48.9 Å². The van der Waals surface area contributed by atoms with Gasteiger partial charge in [-0.05, 0) is 69.7 Å². The Morgan fingerprint density at radius 3 is 1.83 bits per heavy atom. The summed E-state index contributed by atoms with van der Waals surface area (Å²) in [6.45, 7) is 4.31. The Morgan fingerprint density at radius 2 is 1.27 bits per heavy atom. The number of hydrogen-bond acceptors (Lipinski definition) is 4. The summed E-state index contributed by atoms with van der Waals surface area (Å²) < 4.78 is 45.6. The summed E-state index contributed by atoms with van der Waals surface area (Å²) in [5.74, 6) is -0.617. The Kier molecular flexibility index (Phi) is 9.34. The Labute approximate surface area is 247 Å². The van der Waals surface area contributed by atoms with Crippen molar-refractivity contribution in [3.63, 3.8) is 0 Å². The summed E-state index contributed by atoms with van der Waals surface area (Å²) in [5.41, 5.74) is 3.22. The highest BCUT2D eigenvalue weighted by Gasteiger charge is 2.30. The van der Waals surface area contributed by atoms with Crippen molar-refractivity contribution in [2.24, 2.45) is 11.8 Å². The molecular formula is C30H33Cl2F3N6. The van der Waals surface area contributed by atoms with E-state index in [1.807, 2.05) is 13.0 Å². The first-order valence-corrected chi connectivity index (χ1v) is 14.8. The normalized spacial score (nSPS) is 16.7. The average molecular weight is 606 g/mol. The number of alkyl halides is 1. The number of aryl methyl sites for hydroxylation is 2. The molecule has 0 radical (unpaired) electrons. The fourth-order valence-corrected chi connectivity index (χ4v) is 6.30. The predicted molar refractivity (Wildman–Crippen MR) is 154 cm³/mol. The second-order valence-electron chi connectivity index (χ2n) is 11.0. The van der Waals surface area contributed by atoms with Gasteiger partial charge in [0.05, 0.1) is 23.5 Å². The molecule has 0 amide bonds. The van der Waals surface area contributed by atoms with Gasteiger partial charge in [0, 0.05) is 35.0 Å². The highest BCUT2D eigenvalue weighted by atomic mass is 35.5. The van der Waals surface area contributed by atoms with Gasteiger partial charge in [-0.3, -0.25) is 0 Å². The summed E-state index contributed by atoms with van der Waals surface area (Å²) in [6, 6.07) is 7.04. The molecule has 0 spiro atoms. The second kappa shape index (κ2) is 12.9. The molecule has 4 heterocycles. The van der Waals surface area contributed by atoms with E-state index in [0.717, 1.165) is 41.8 Å². The van der Waals surface area contributed by atoms with E-state index < -0.39 is 12.2 Å². The third-order valence-electron chi connectivity index (χ3n) is 7.99. The third-order valence-corrected chi connectivity index (χ3v) is 8.57. The standard InChI is InChI=1S/C15H16ClF2N3.C15H17ClFN3/c1-9-6-7-11(13(16)20-9)12-8-19-21(15(12)18)14(17)10-4-2-3-5-10;1-10-6-7-12(14(16)19-10)13-8-18-20(15(13)17)9-11-4-2-3-5-11/h6-8,10,14H,2-5H2,1H3;6-8,11H,2-5,9H2,1H3. The van der Waals surface area contributed by atoms with Gasteiger partial charge < -0.3 is 0 Å². The number of halogens is 5. The van der Waals surface area contributed by atoms with Crippen molar-refractivity contribution in [3.8, 4) is 22.3 Å². The third kappa shape index (κ3) is 6.61. The van der Waals surface area contributed by atoms with Crippen LogP contribution in [0.5, 0.6) is 0 Å². The minimum Gasteiger partial charge on any atom is -0.241 e. The number of hydrogen-bond donors (Lipinski definition) is 0. The summed E-state index contributed by atoms with van der Waals surface area (Å²) in [4.78, 5) is 8.26. The van der Waals surface area contributed by atoms with Crippen LogP contribution in [0.1, 0.15) is 69.1 Å². The van der Waals surface area contributed by atoms with Crippen LogP contribution in [-0.2, 0) is 6.54 Å². The molecule has 6 rings (SSSR count). The lowest BCUT2D eigenvalue weighted by molar-refractivity contribution is 0.120. The van der Waals surface area contributed by atoms with Gasteiger partial charge in [-0.25, -0.2) is 23.7 Å². The summed E-state index contributed by atoms with van der Waals surface area (Å²) in [7, 11) is 0. The van der Waals surface area contributed by atoms with Gasteiger partial charge in [-0.15, -0.1) is 0 Å². The molecule has 11 heteroatoms. The highest BCUT2D eigenvalue weighted by molar-refractivity contribution is 6.32. The quantitative estimate of drug-likeness (QED) is 0.206. The van der Waals surface area contributed by atoms with Crippen LogP contribution >= 0.6 is 23.2 Å². The lowest BCUT2D eigenvalue weighted by Gasteiger charge is -2.15. The molecule has 218 valence electrons. The van der Waals surface area contributed by atoms with E-state index in [1.54, 1.807) is 31.3 Å². The van der Waals surface area contributed by atoms with Crippen molar-refractivity contribution in [2.75, 3.05) is 0 Å². The largest absolute Gasteiger partial charge is 0.241 e. The zero-order chi connectivity index (χ0) is 29.1. The average Bonchev–Trinajstić information content (AvgIpc) is 3.75. The lowest BCUT2D eigenvalue weighted by atomic mass is 10.1. The molecule has 2 aliphatic carbocycles. The van der Waals surface area contributed by atoms with Crippen LogP contribution in [0, 0.1) is 37.6 Å². The second-order valence-corrected chi connectivity index (χ2v) is 11.7. The fourth-order valence-electron chi connectivity index (χ4n) is 5.70. The van der Waals surface area contributed by atoms with Crippen LogP contribution in [0.2, 0.25) is 10.3 Å². The van der Waals surface area contributed by atoms with E-state index in [0.29, 0.717) is 34.3 Å². The first-order chi connectivity index (χ1) is 19.7. The van der Waals surface area contributed by atoms with E-state index >= 15 is 0 Å². The Balaban J connectivity index is 0.000000165. The molecule has 0 N–H and O–H groups in total. The van der Waals surface area contributed by atoms with E-state index in [-0.39, 0.29) is 22.6 Å². The van der Waals surface area contributed by atoms with Crippen molar-refractivity contribution in [1.82, 2.24) is 29.5 Å². The SMILES string of the molecule is Cc1ccc(-c2cnn(C(F)C3CCCC3)c2F)c(Cl)n1.Cc1ccc(-c2cnn(CC3CCCC3)c2F)c(Cl)n1. The molecule has 4 aromatic rings. The topological polar surface area (TPSA) is 61.4 Å². The van der Waals surface area contributed by atoms with Gasteiger partial charge in [0.15, 0.2) is 6.30 Å². The molecule has 6 nitrogen and oxygen atoms in total. The maximum absolute atomic E-state index is 14.5. The number of nitrogens with zero attached hydrogens (tertiary/aromatic N) is 6. The Morgan fingerprint density at radius 1 is 0.756 bits per heavy atom. The molecule has 4 aromatic heterocycles. The van der Waals surface area contributed by atoms with E-state index in [2.05, 4.69) is 20.2 Å². The Bertz CT molecular complexity index is 1490. The van der Waals surface area contributed by atoms with Crippen molar-refractivity contribution in [2.45, 2.75) is 78.1 Å².